The zero-order chi connectivity index (χ0) is 17.0. The van der Waals surface area contributed by atoms with E-state index in [2.05, 4.69) is 30.7 Å². The molecule has 0 spiro atoms. The molecule has 1 aromatic carbocycles. The second-order valence-electron chi connectivity index (χ2n) is 5.91. The summed E-state index contributed by atoms with van der Waals surface area (Å²) < 4.78 is 16.2. The van der Waals surface area contributed by atoms with Gasteiger partial charge >= 0.3 is 0 Å². The molecule has 0 fully saturated rings. The summed E-state index contributed by atoms with van der Waals surface area (Å²) in [5.74, 6) is 3.11. The average molecular weight is 320 g/mol. The van der Waals surface area contributed by atoms with Crippen LogP contribution in [0.25, 0.3) is 11.3 Å². The highest BCUT2D eigenvalue weighted by atomic mass is 16.7. The molecule has 2 N–H and O–H groups in total. The lowest BCUT2D eigenvalue weighted by Crippen LogP contribution is -2.13. The van der Waals surface area contributed by atoms with Crippen LogP contribution in [0.4, 0.5) is 0 Å². The van der Waals surface area contributed by atoms with E-state index in [0.717, 1.165) is 28.6 Å². The number of hydrogen-bond donors (Lipinski definition) is 2. The van der Waals surface area contributed by atoms with Gasteiger partial charge in [-0.15, -0.1) is 0 Å². The van der Waals surface area contributed by atoms with Crippen molar-refractivity contribution in [3.05, 3.63) is 24.2 Å². The van der Waals surface area contributed by atoms with E-state index in [1.54, 1.807) is 7.11 Å². The van der Waals surface area contributed by atoms with Gasteiger partial charge in [-0.25, -0.2) is 4.98 Å². The number of fused-ring (bicyclic) bond motifs is 1. The molecule has 7 nitrogen and oxygen atoms in total. The number of H-pyrrole nitrogens is 1. The second kappa shape index (κ2) is 6.60. The normalized spacial score (nSPS) is 12.3. The summed E-state index contributed by atoms with van der Waals surface area (Å²) in [4.78, 5) is 16.2. The number of hydrogen-bond acceptors (Lipinski definition) is 5. The van der Waals surface area contributed by atoms with Crippen LogP contribution in [0.15, 0.2) is 18.3 Å². The number of nitrogens with one attached hydrogen (secondary N) is 1. The molecule has 0 atom stereocenters. The minimum atomic E-state index is -0.250. The van der Waals surface area contributed by atoms with Gasteiger partial charge in [0.1, 0.15) is 11.6 Å². The van der Waals surface area contributed by atoms with E-state index in [1.807, 2.05) is 18.3 Å². The van der Waals surface area contributed by atoms with Crippen molar-refractivity contribution in [3.8, 4) is 28.5 Å². The number of benzene rings is 1. The number of nitrogens with zero attached hydrogens (tertiary/aromatic N) is 1. The van der Waals surface area contributed by atoms with Crippen LogP contribution in [0.3, 0.4) is 0 Å². The maximum atomic E-state index is 8.36. The molecule has 1 aliphatic rings. The Morgan fingerprint density at radius 2 is 1.91 bits per heavy atom. The molecule has 0 bridgehead atoms. The minimum absolute atomic E-state index is 0.0260. The van der Waals surface area contributed by atoms with E-state index in [0.29, 0.717) is 5.75 Å². The van der Waals surface area contributed by atoms with E-state index < -0.39 is 0 Å². The Morgan fingerprint density at radius 3 is 2.43 bits per heavy atom. The van der Waals surface area contributed by atoms with Crippen molar-refractivity contribution in [2.75, 3.05) is 13.9 Å². The zero-order valence-corrected chi connectivity index (χ0v) is 13.5. The predicted octanol–water partition coefficient (Wildman–Crippen LogP) is 2.81. The Kier molecular flexibility index (Phi) is 4.78. The molecule has 0 aliphatic carbocycles. The first kappa shape index (κ1) is 16.7. The number of methoxy groups -OCH3 is 1. The lowest BCUT2D eigenvalue weighted by molar-refractivity contribution is -0.122. The fourth-order valence-corrected chi connectivity index (χ4v) is 2.14. The van der Waals surface area contributed by atoms with Crippen molar-refractivity contribution in [1.29, 1.82) is 0 Å². The Balaban J connectivity index is 0.000000595. The highest BCUT2D eigenvalue weighted by Gasteiger charge is 2.22. The zero-order valence-electron chi connectivity index (χ0n) is 13.5. The predicted molar refractivity (Wildman–Crippen MR) is 84.1 cm³/mol. The number of carboxylic acid groups (broad SMARTS) is 1. The largest absolute Gasteiger partial charge is 0.496 e. The third kappa shape index (κ3) is 3.56. The Bertz CT molecular complexity index is 688. The molecule has 3 rings (SSSR count). The van der Waals surface area contributed by atoms with Crippen LogP contribution in [-0.4, -0.2) is 35.4 Å². The van der Waals surface area contributed by atoms with Crippen molar-refractivity contribution in [2.24, 2.45) is 0 Å². The molecule has 0 saturated carbocycles. The van der Waals surface area contributed by atoms with Gasteiger partial charge in [-0.05, 0) is 6.07 Å². The van der Waals surface area contributed by atoms with Crippen molar-refractivity contribution >= 4 is 6.47 Å². The van der Waals surface area contributed by atoms with Gasteiger partial charge in [-0.1, -0.05) is 20.8 Å². The molecular formula is C16H20N2O5. The van der Waals surface area contributed by atoms with Crippen LogP contribution in [0.5, 0.6) is 17.2 Å². The van der Waals surface area contributed by atoms with Crippen molar-refractivity contribution in [1.82, 2.24) is 9.97 Å². The van der Waals surface area contributed by atoms with Crippen molar-refractivity contribution in [2.45, 2.75) is 26.2 Å². The maximum Gasteiger partial charge on any atom is 0.290 e. The summed E-state index contributed by atoms with van der Waals surface area (Å²) in [6.07, 6.45) is 1.82. The molecule has 0 radical (unpaired) electrons. The first-order valence-corrected chi connectivity index (χ1v) is 7.02. The summed E-state index contributed by atoms with van der Waals surface area (Å²) in [5, 5.41) is 6.89. The van der Waals surface area contributed by atoms with Gasteiger partial charge < -0.3 is 24.3 Å². The van der Waals surface area contributed by atoms with Crippen molar-refractivity contribution < 1.29 is 24.1 Å². The fourth-order valence-electron chi connectivity index (χ4n) is 2.14. The highest BCUT2D eigenvalue weighted by molar-refractivity contribution is 5.72. The summed E-state index contributed by atoms with van der Waals surface area (Å²) in [5.41, 5.74) is 1.80. The number of carbonyl (C=O) groups is 1. The fraction of sp³-hybridized carbons (Fsp3) is 0.375. The SMILES string of the molecule is COc1cc2c(cc1-c1cnc(C(C)(C)C)[nH]1)OCO2.O=CO. The van der Waals surface area contributed by atoms with E-state index in [-0.39, 0.29) is 18.7 Å². The van der Waals surface area contributed by atoms with Crippen LogP contribution >= 0.6 is 0 Å². The summed E-state index contributed by atoms with van der Waals surface area (Å²) >= 11 is 0. The van der Waals surface area contributed by atoms with Crippen molar-refractivity contribution in [3.63, 3.8) is 0 Å². The lowest BCUT2D eigenvalue weighted by Gasteiger charge is -2.14. The van der Waals surface area contributed by atoms with E-state index in [4.69, 9.17) is 24.1 Å². The molecule has 23 heavy (non-hydrogen) atoms. The molecule has 2 aromatic rings. The molecule has 1 aromatic heterocycles. The van der Waals surface area contributed by atoms with Gasteiger partial charge in [-0.2, -0.15) is 0 Å². The number of aromatic amines is 1. The Morgan fingerprint density at radius 1 is 1.30 bits per heavy atom. The number of imidazole rings is 1. The van der Waals surface area contributed by atoms with Gasteiger partial charge in [-0.3, -0.25) is 4.79 Å². The van der Waals surface area contributed by atoms with Crippen LogP contribution in [0.1, 0.15) is 26.6 Å². The topological polar surface area (TPSA) is 93.7 Å². The maximum absolute atomic E-state index is 8.36. The summed E-state index contributed by atoms with van der Waals surface area (Å²) in [7, 11) is 1.64. The molecule has 0 saturated heterocycles. The Hall–Kier alpha value is -2.70. The van der Waals surface area contributed by atoms with Crippen LogP contribution < -0.4 is 14.2 Å². The van der Waals surface area contributed by atoms with Gasteiger partial charge in [0.25, 0.3) is 6.47 Å². The van der Waals surface area contributed by atoms with Crippen LogP contribution in [0.2, 0.25) is 0 Å². The first-order chi connectivity index (χ1) is 10.9. The minimum Gasteiger partial charge on any atom is -0.496 e. The summed E-state index contributed by atoms with van der Waals surface area (Å²) in [6.45, 7) is 6.35. The average Bonchev–Trinajstić information content (AvgIpc) is 3.14. The monoisotopic (exact) mass is 320 g/mol. The van der Waals surface area contributed by atoms with Gasteiger partial charge in [0.05, 0.1) is 19.0 Å². The summed E-state index contributed by atoms with van der Waals surface area (Å²) in [6, 6.07) is 3.76. The third-order valence-electron chi connectivity index (χ3n) is 3.27. The smallest absolute Gasteiger partial charge is 0.290 e. The van der Waals surface area contributed by atoms with Gasteiger partial charge in [0, 0.05) is 17.0 Å². The van der Waals surface area contributed by atoms with E-state index in [9.17, 15) is 0 Å². The van der Waals surface area contributed by atoms with E-state index in [1.165, 1.54) is 0 Å². The van der Waals surface area contributed by atoms with Crippen LogP contribution in [-0.2, 0) is 10.2 Å². The third-order valence-corrected chi connectivity index (χ3v) is 3.27. The molecule has 0 unspecified atom stereocenters. The highest BCUT2D eigenvalue weighted by Crippen LogP contribution is 2.42. The van der Waals surface area contributed by atoms with Gasteiger partial charge in [0.2, 0.25) is 6.79 Å². The quantitative estimate of drug-likeness (QED) is 0.826. The second-order valence-corrected chi connectivity index (χ2v) is 5.91. The van der Waals surface area contributed by atoms with E-state index >= 15 is 0 Å². The lowest BCUT2D eigenvalue weighted by atomic mass is 9.96. The molecular weight excluding hydrogens is 300 g/mol. The van der Waals surface area contributed by atoms with Crippen LogP contribution in [0, 0.1) is 0 Å². The standard InChI is InChI=1S/C15H18N2O3.CH2O2/c1-15(2,3)14-16-7-10(17-14)9-5-12-13(20-8-19-12)6-11(9)18-4;2-1-3/h5-7H,8H2,1-4H3,(H,16,17);1H,(H,2,3). The number of ether oxygens (including phenoxy) is 3. The first-order valence-electron chi connectivity index (χ1n) is 7.02. The number of rotatable bonds is 2. The van der Waals surface area contributed by atoms with Gasteiger partial charge in [0.15, 0.2) is 11.5 Å². The molecule has 1 aliphatic heterocycles. The molecule has 0 amide bonds. The number of aromatic nitrogens is 2. The molecule has 7 heteroatoms. The molecule has 124 valence electrons. The Labute approximate surface area is 134 Å². The molecule has 2 heterocycles.